The van der Waals surface area contributed by atoms with Crippen molar-refractivity contribution in [1.82, 2.24) is 0 Å². The van der Waals surface area contributed by atoms with Crippen LogP contribution in [0.5, 0.6) is 0 Å². The fraction of sp³-hybridized carbons (Fsp3) is 0. The fourth-order valence-electron chi connectivity index (χ4n) is 1.33. The Labute approximate surface area is 165 Å². The zero-order valence-corrected chi connectivity index (χ0v) is 16.2. The second-order valence-corrected chi connectivity index (χ2v) is 4.77. The van der Waals surface area contributed by atoms with Crippen molar-refractivity contribution in [2.24, 2.45) is 0 Å². The highest BCUT2D eigenvalue weighted by Crippen LogP contribution is 2.34. The highest BCUT2D eigenvalue weighted by Gasteiger charge is 2.18. The normalized spacial score (nSPS) is 8.58. The molecule has 0 aromatic heterocycles. The molecule has 0 heterocycles. The van der Waals surface area contributed by atoms with E-state index in [1.165, 1.54) is 12.1 Å². The molecular formula is C12H15Cl2N5O2S3. The van der Waals surface area contributed by atoms with Crippen LogP contribution in [0.25, 0.3) is 0 Å². The summed E-state index contributed by atoms with van der Waals surface area (Å²) in [4.78, 5) is 9.72. The molecule has 12 heteroatoms. The second kappa shape index (κ2) is 11.9. The number of nitrogen functional groups attached to an aromatic ring is 4. The molecule has 7 nitrogen and oxygen atoms in total. The van der Waals surface area contributed by atoms with Crippen molar-refractivity contribution in [1.29, 1.82) is 0 Å². The SMILES string of the molecule is Nc1ccc(Cl)c([N+](=O)[O-])c1N.Nc1ccc(Cl)cc1N.S.S=S. The molecule has 0 bridgehead atoms. The van der Waals surface area contributed by atoms with Crippen LogP contribution >= 0.6 is 36.7 Å². The largest absolute Gasteiger partial charge is 0.397 e. The molecule has 0 atom stereocenters. The summed E-state index contributed by atoms with van der Waals surface area (Å²) in [6, 6.07) is 7.76. The van der Waals surface area contributed by atoms with E-state index in [-0.39, 0.29) is 35.6 Å². The summed E-state index contributed by atoms with van der Waals surface area (Å²) in [5, 5.41) is 11.0. The number of hydrogen-bond donors (Lipinski definition) is 4. The summed E-state index contributed by atoms with van der Waals surface area (Å²) in [5.74, 6) is 0. The van der Waals surface area contributed by atoms with E-state index in [0.717, 1.165) is 0 Å². The van der Waals surface area contributed by atoms with E-state index in [2.05, 4.69) is 22.4 Å². The third kappa shape index (κ3) is 7.32. The van der Waals surface area contributed by atoms with Crippen molar-refractivity contribution >= 4 is 87.5 Å². The molecule has 0 unspecified atom stereocenters. The lowest BCUT2D eigenvalue weighted by atomic mass is 10.2. The van der Waals surface area contributed by atoms with Gasteiger partial charge in [0.1, 0.15) is 10.7 Å². The van der Waals surface area contributed by atoms with Crippen molar-refractivity contribution in [3.63, 3.8) is 0 Å². The Hall–Kier alpha value is -1.59. The summed E-state index contributed by atoms with van der Waals surface area (Å²) in [7, 11) is 0. The predicted molar refractivity (Wildman–Crippen MR) is 112 cm³/mol. The maximum atomic E-state index is 10.4. The first-order chi connectivity index (χ1) is 10.7. The van der Waals surface area contributed by atoms with Crippen molar-refractivity contribution < 1.29 is 4.92 Å². The van der Waals surface area contributed by atoms with Gasteiger partial charge in [-0.05, 0) is 30.3 Å². The van der Waals surface area contributed by atoms with Gasteiger partial charge in [0, 0.05) is 27.4 Å². The molecule has 0 aliphatic carbocycles. The predicted octanol–water partition coefficient (Wildman–Crippen LogP) is 3.02. The van der Waals surface area contributed by atoms with Gasteiger partial charge in [0.15, 0.2) is 0 Å². The Bertz CT molecular complexity index is 707. The van der Waals surface area contributed by atoms with Gasteiger partial charge < -0.3 is 22.9 Å². The van der Waals surface area contributed by atoms with Gasteiger partial charge in [0.25, 0.3) is 0 Å². The minimum atomic E-state index is -0.659. The lowest BCUT2D eigenvalue weighted by Crippen LogP contribution is -2.00. The average molecular weight is 428 g/mol. The number of benzene rings is 2. The Morgan fingerprint density at radius 3 is 1.79 bits per heavy atom. The number of nitrogens with zero attached hydrogens (tertiary/aromatic N) is 1. The first-order valence-corrected chi connectivity index (χ1v) is 7.78. The minimum Gasteiger partial charge on any atom is -0.397 e. The van der Waals surface area contributed by atoms with Gasteiger partial charge in [0.05, 0.1) is 22.0 Å². The second-order valence-electron chi connectivity index (χ2n) is 3.93. The molecule has 2 aromatic rings. The molecule has 0 saturated carbocycles. The van der Waals surface area contributed by atoms with E-state index in [9.17, 15) is 10.1 Å². The number of rotatable bonds is 1. The molecule has 8 N–H and O–H groups in total. The fourth-order valence-corrected chi connectivity index (χ4v) is 1.74. The molecule has 2 aromatic carbocycles. The molecule has 0 aliphatic heterocycles. The first kappa shape index (κ1) is 24.7. The van der Waals surface area contributed by atoms with Gasteiger partial charge in [0.2, 0.25) is 0 Å². The number of nitro groups is 1. The van der Waals surface area contributed by atoms with Crippen molar-refractivity contribution in [2.45, 2.75) is 0 Å². The molecule has 0 aliphatic rings. The molecule has 24 heavy (non-hydrogen) atoms. The summed E-state index contributed by atoms with van der Waals surface area (Å²) in [6.07, 6.45) is 0. The average Bonchev–Trinajstić information content (AvgIpc) is 2.50. The van der Waals surface area contributed by atoms with Crippen LogP contribution in [0.1, 0.15) is 0 Å². The van der Waals surface area contributed by atoms with Crippen molar-refractivity contribution in [3.05, 3.63) is 50.5 Å². The third-order valence-corrected chi connectivity index (χ3v) is 2.97. The summed E-state index contributed by atoms with van der Waals surface area (Å²) >= 11 is 18.4. The van der Waals surface area contributed by atoms with Gasteiger partial charge in [-0.25, -0.2) is 0 Å². The molecule has 2 rings (SSSR count). The number of nitro benzene ring substituents is 1. The smallest absolute Gasteiger partial charge is 0.312 e. The topological polar surface area (TPSA) is 147 Å². The van der Waals surface area contributed by atoms with Gasteiger partial charge in [-0.2, -0.15) is 13.5 Å². The summed E-state index contributed by atoms with van der Waals surface area (Å²) in [5.41, 5.74) is 22.3. The maximum absolute atomic E-state index is 10.4. The van der Waals surface area contributed by atoms with E-state index in [1.807, 2.05) is 0 Å². The van der Waals surface area contributed by atoms with Crippen LogP contribution in [0.3, 0.4) is 0 Å². The minimum absolute atomic E-state index is 0. The molecule has 0 amide bonds. The highest BCUT2D eigenvalue weighted by molar-refractivity contribution is 8.07. The van der Waals surface area contributed by atoms with Crippen LogP contribution in [0, 0.1) is 10.1 Å². The molecule has 132 valence electrons. The Balaban J connectivity index is 0. The van der Waals surface area contributed by atoms with Crippen LogP contribution in [0.15, 0.2) is 30.3 Å². The van der Waals surface area contributed by atoms with E-state index < -0.39 is 4.92 Å². The molecule has 0 saturated heterocycles. The van der Waals surface area contributed by atoms with Crippen LogP contribution in [-0.4, -0.2) is 4.92 Å². The Kier molecular flexibility index (Phi) is 12.2. The van der Waals surface area contributed by atoms with E-state index in [4.69, 9.17) is 46.1 Å². The van der Waals surface area contributed by atoms with Crippen LogP contribution in [-0.2, 0) is 22.4 Å². The monoisotopic (exact) mass is 427 g/mol. The first-order valence-electron chi connectivity index (χ1n) is 5.69. The van der Waals surface area contributed by atoms with Crippen molar-refractivity contribution in [3.8, 4) is 0 Å². The van der Waals surface area contributed by atoms with Crippen LogP contribution < -0.4 is 22.9 Å². The van der Waals surface area contributed by atoms with E-state index >= 15 is 0 Å². The van der Waals surface area contributed by atoms with E-state index in [1.54, 1.807) is 18.2 Å². The molecule has 0 radical (unpaired) electrons. The standard InChI is InChI=1S/C6H6ClN3O2.C6H7ClN2.S2.H2S/c7-3-1-2-4(8)5(9)6(3)10(11)12;7-4-1-2-5(8)6(9)3-4;1-2;/h1-2H,8-9H2;1-3H,8-9H2;;1H2. The number of halogens is 2. The van der Waals surface area contributed by atoms with Crippen LogP contribution in [0.4, 0.5) is 28.4 Å². The number of anilines is 4. The quantitative estimate of drug-likeness (QED) is 0.308. The van der Waals surface area contributed by atoms with Gasteiger partial charge in [-0.15, -0.1) is 0 Å². The Morgan fingerprint density at radius 2 is 1.42 bits per heavy atom. The number of hydrogen-bond acceptors (Lipinski definition) is 8. The zero-order valence-electron chi connectivity index (χ0n) is 12.0. The molecule has 0 spiro atoms. The van der Waals surface area contributed by atoms with Crippen molar-refractivity contribution in [2.75, 3.05) is 22.9 Å². The van der Waals surface area contributed by atoms with Gasteiger partial charge >= 0.3 is 5.69 Å². The van der Waals surface area contributed by atoms with Crippen LogP contribution in [0.2, 0.25) is 10.0 Å². The Morgan fingerprint density at radius 1 is 0.917 bits per heavy atom. The highest BCUT2D eigenvalue weighted by atomic mass is 35.5. The maximum Gasteiger partial charge on any atom is 0.312 e. The van der Waals surface area contributed by atoms with Gasteiger partial charge in [-0.1, -0.05) is 23.2 Å². The van der Waals surface area contributed by atoms with E-state index in [0.29, 0.717) is 16.4 Å². The zero-order chi connectivity index (χ0) is 18.2. The summed E-state index contributed by atoms with van der Waals surface area (Å²) in [6.45, 7) is 0. The molecular weight excluding hydrogens is 413 g/mol. The third-order valence-electron chi connectivity index (χ3n) is 2.43. The lowest BCUT2D eigenvalue weighted by molar-refractivity contribution is -0.383. The lowest BCUT2D eigenvalue weighted by Gasteiger charge is -2.01. The number of nitrogens with two attached hydrogens (primary N) is 4. The van der Waals surface area contributed by atoms with Gasteiger partial charge in [-0.3, -0.25) is 10.1 Å². The summed E-state index contributed by atoms with van der Waals surface area (Å²) < 4.78 is 0. The molecule has 0 fully saturated rings.